The molecule has 3 N–H and O–H groups in total. The summed E-state index contributed by atoms with van der Waals surface area (Å²) in [5, 5.41) is 9.88. The first-order chi connectivity index (χ1) is 8.22. The lowest BCUT2D eigenvalue weighted by Crippen LogP contribution is -2.04. The van der Waals surface area contributed by atoms with Gasteiger partial charge >= 0.3 is 0 Å². The first-order valence-corrected chi connectivity index (χ1v) is 6.91. The number of rotatable bonds is 3. The number of benzene rings is 2. The van der Waals surface area contributed by atoms with Crippen LogP contribution in [0.1, 0.15) is 11.1 Å². The van der Waals surface area contributed by atoms with Crippen LogP contribution in [0, 0.1) is 5.41 Å². The van der Waals surface area contributed by atoms with Gasteiger partial charge in [0, 0.05) is 11.5 Å². The van der Waals surface area contributed by atoms with E-state index in [4.69, 9.17) is 11.1 Å². The summed E-state index contributed by atoms with van der Waals surface area (Å²) in [6, 6.07) is 12.5. The van der Waals surface area contributed by atoms with Crippen LogP contribution in [0.3, 0.4) is 0 Å². The van der Waals surface area contributed by atoms with Crippen LogP contribution in [-0.2, 0) is 11.5 Å². The summed E-state index contributed by atoms with van der Waals surface area (Å²) >= 11 is 5.76. The van der Waals surface area contributed by atoms with Gasteiger partial charge in [-0.1, -0.05) is 48.2 Å². The summed E-state index contributed by atoms with van der Waals surface area (Å²) in [6.07, 6.45) is 0. The van der Waals surface area contributed by atoms with E-state index in [1.54, 1.807) is 0 Å². The number of nitrogens with one attached hydrogen (secondary N) is 1. The van der Waals surface area contributed by atoms with E-state index in [2.05, 4.69) is 36.9 Å². The van der Waals surface area contributed by atoms with E-state index < -0.39 is 0 Å². The van der Waals surface area contributed by atoms with Crippen LogP contribution >= 0.6 is 24.4 Å². The van der Waals surface area contributed by atoms with E-state index in [0.29, 0.717) is 5.75 Å². The van der Waals surface area contributed by atoms with Crippen LogP contribution in [0.4, 0.5) is 0 Å². The predicted molar refractivity (Wildman–Crippen MR) is 79.8 cm³/mol. The topological polar surface area (TPSA) is 49.9 Å². The van der Waals surface area contributed by atoms with Gasteiger partial charge in [-0.25, -0.2) is 0 Å². The zero-order chi connectivity index (χ0) is 12.3. The molecule has 0 aromatic heterocycles. The van der Waals surface area contributed by atoms with E-state index in [-0.39, 0.29) is 5.17 Å². The van der Waals surface area contributed by atoms with Gasteiger partial charge < -0.3 is 5.73 Å². The van der Waals surface area contributed by atoms with Crippen molar-refractivity contribution in [2.24, 2.45) is 5.73 Å². The van der Waals surface area contributed by atoms with Crippen LogP contribution < -0.4 is 5.73 Å². The van der Waals surface area contributed by atoms with Crippen molar-refractivity contribution in [3.8, 4) is 0 Å². The Labute approximate surface area is 111 Å². The van der Waals surface area contributed by atoms with Gasteiger partial charge in [-0.05, 0) is 21.9 Å². The quantitative estimate of drug-likeness (QED) is 0.451. The van der Waals surface area contributed by atoms with E-state index in [0.717, 1.165) is 5.75 Å². The molecule has 2 aromatic rings. The maximum absolute atomic E-state index is 7.26. The van der Waals surface area contributed by atoms with Crippen molar-refractivity contribution >= 4 is 40.3 Å². The smallest absolute Gasteiger partial charge is 0.151 e. The lowest BCUT2D eigenvalue weighted by Gasteiger charge is -2.10. The van der Waals surface area contributed by atoms with Gasteiger partial charge in [0.15, 0.2) is 5.17 Å². The molecule has 88 valence electrons. The molecule has 4 heteroatoms. The van der Waals surface area contributed by atoms with Crippen molar-refractivity contribution in [1.82, 2.24) is 0 Å². The summed E-state index contributed by atoms with van der Waals surface area (Å²) in [5.74, 6) is 1.44. The molecule has 0 atom stereocenters. The minimum atomic E-state index is 0.156. The minimum Gasteiger partial charge on any atom is -0.379 e. The number of amidine groups is 1. The predicted octanol–water partition coefficient (Wildman–Crippen LogP) is 3.40. The van der Waals surface area contributed by atoms with E-state index >= 15 is 0 Å². The molecule has 0 aliphatic heterocycles. The van der Waals surface area contributed by atoms with Gasteiger partial charge in [-0.15, -0.1) is 0 Å². The molecule has 0 heterocycles. The van der Waals surface area contributed by atoms with Gasteiger partial charge in [0.05, 0.1) is 0 Å². The van der Waals surface area contributed by atoms with Crippen molar-refractivity contribution in [3.05, 3.63) is 47.5 Å². The first-order valence-electron chi connectivity index (χ1n) is 5.29. The van der Waals surface area contributed by atoms with E-state index in [1.807, 2.05) is 12.1 Å². The van der Waals surface area contributed by atoms with Crippen LogP contribution in [0.15, 0.2) is 36.4 Å². The minimum absolute atomic E-state index is 0.156. The maximum Gasteiger partial charge on any atom is 0.151 e. The summed E-state index contributed by atoms with van der Waals surface area (Å²) in [4.78, 5) is 0. The van der Waals surface area contributed by atoms with E-state index in [9.17, 15) is 0 Å². The molecule has 0 saturated heterocycles. The highest BCUT2D eigenvalue weighted by Gasteiger charge is 2.06. The first kappa shape index (κ1) is 12.3. The van der Waals surface area contributed by atoms with Crippen LogP contribution in [0.5, 0.6) is 0 Å². The van der Waals surface area contributed by atoms with Crippen molar-refractivity contribution in [3.63, 3.8) is 0 Å². The number of fused-ring (bicyclic) bond motifs is 1. The normalized spacial score (nSPS) is 10.6. The third kappa shape index (κ3) is 2.76. The largest absolute Gasteiger partial charge is 0.379 e. The fourth-order valence-electron chi connectivity index (χ4n) is 1.86. The SMILES string of the molecule is N=C(N)SCc1ccc2ccccc2c1CS. The Morgan fingerprint density at radius 1 is 1.24 bits per heavy atom. The zero-order valence-electron chi connectivity index (χ0n) is 9.31. The fraction of sp³-hybridized carbons (Fsp3) is 0.154. The van der Waals surface area contributed by atoms with Crippen LogP contribution in [0.2, 0.25) is 0 Å². The fourth-order valence-corrected chi connectivity index (χ4v) is 2.81. The molecule has 2 nitrogen and oxygen atoms in total. The molecule has 0 saturated carbocycles. The Morgan fingerprint density at radius 2 is 2.00 bits per heavy atom. The highest BCUT2D eigenvalue weighted by Crippen LogP contribution is 2.26. The summed E-state index contributed by atoms with van der Waals surface area (Å²) in [5.41, 5.74) is 7.82. The molecule has 0 aliphatic rings. The number of thioether (sulfide) groups is 1. The van der Waals surface area contributed by atoms with Crippen molar-refractivity contribution in [2.75, 3.05) is 0 Å². The Hall–Kier alpha value is -1.13. The molecule has 0 fully saturated rings. The summed E-state index contributed by atoms with van der Waals surface area (Å²) < 4.78 is 0. The van der Waals surface area contributed by atoms with Crippen LogP contribution in [-0.4, -0.2) is 5.17 Å². The van der Waals surface area contributed by atoms with Gasteiger partial charge in [-0.2, -0.15) is 12.6 Å². The van der Waals surface area contributed by atoms with Gasteiger partial charge in [-0.3, -0.25) is 5.41 Å². The molecule has 0 spiro atoms. The van der Waals surface area contributed by atoms with Crippen molar-refractivity contribution < 1.29 is 0 Å². The Morgan fingerprint density at radius 3 is 2.71 bits per heavy atom. The third-order valence-electron chi connectivity index (χ3n) is 2.68. The molecule has 0 unspecified atom stereocenters. The molecule has 2 rings (SSSR count). The second kappa shape index (κ2) is 5.47. The number of hydrogen-bond donors (Lipinski definition) is 3. The van der Waals surface area contributed by atoms with Crippen LogP contribution in [0.25, 0.3) is 10.8 Å². The number of thiol groups is 1. The highest BCUT2D eigenvalue weighted by molar-refractivity contribution is 8.13. The van der Waals surface area contributed by atoms with Gasteiger partial charge in [0.2, 0.25) is 0 Å². The average Bonchev–Trinajstić information content (AvgIpc) is 2.35. The summed E-state index contributed by atoms with van der Waals surface area (Å²) in [6.45, 7) is 0. The Bertz CT molecular complexity index is 552. The number of hydrogen-bond acceptors (Lipinski definition) is 3. The summed E-state index contributed by atoms with van der Waals surface area (Å²) in [7, 11) is 0. The third-order valence-corrected chi connectivity index (χ3v) is 3.76. The standard InChI is InChI=1S/C13H14N2S2/c14-13(15)17-8-10-6-5-9-3-1-2-4-11(9)12(10)7-16/h1-6,16H,7-8H2,(H3,14,15). The lowest BCUT2D eigenvalue weighted by molar-refractivity contribution is 1.32. The molecule has 17 heavy (non-hydrogen) atoms. The van der Waals surface area contributed by atoms with Gasteiger partial charge in [0.25, 0.3) is 0 Å². The highest BCUT2D eigenvalue weighted by atomic mass is 32.2. The molecule has 0 amide bonds. The average molecular weight is 262 g/mol. The Kier molecular flexibility index (Phi) is 3.97. The van der Waals surface area contributed by atoms with Gasteiger partial charge in [0.1, 0.15) is 0 Å². The molecule has 0 radical (unpaired) electrons. The van der Waals surface area contributed by atoms with Crippen molar-refractivity contribution in [1.29, 1.82) is 5.41 Å². The lowest BCUT2D eigenvalue weighted by atomic mass is 10.0. The number of nitrogens with two attached hydrogens (primary N) is 1. The monoisotopic (exact) mass is 262 g/mol. The maximum atomic E-state index is 7.26. The Balaban J connectivity index is 2.45. The molecular formula is C13H14N2S2. The zero-order valence-corrected chi connectivity index (χ0v) is 11.0. The van der Waals surface area contributed by atoms with E-state index in [1.165, 1.54) is 33.7 Å². The molecule has 0 aliphatic carbocycles. The second-order valence-corrected chi connectivity index (χ2v) is 5.07. The second-order valence-electron chi connectivity index (χ2n) is 3.74. The molecular weight excluding hydrogens is 248 g/mol. The molecule has 0 bridgehead atoms. The molecule has 2 aromatic carbocycles. The van der Waals surface area contributed by atoms with Crippen molar-refractivity contribution in [2.45, 2.75) is 11.5 Å².